The van der Waals surface area contributed by atoms with Gasteiger partial charge in [-0.1, -0.05) is 48.5 Å². The number of piperidine rings is 1. The standard InChI is InChI=1S/C22H24N2O4/c25-20(14-17-8-3-1-4-9-17)23-13-7-10-18(15-23)22(28)24(16-21(26)27)19-11-5-2-6-12-19/h1-6,8-9,11-12,18H,7,10,13-16H2,(H,26,27). The first-order valence-electron chi connectivity index (χ1n) is 9.44. The van der Waals surface area contributed by atoms with Crippen molar-refractivity contribution >= 4 is 23.5 Å². The Balaban J connectivity index is 1.70. The average Bonchev–Trinajstić information content (AvgIpc) is 2.73. The summed E-state index contributed by atoms with van der Waals surface area (Å²) >= 11 is 0. The van der Waals surface area contributed by atoms with Crippen LogP contribution in [0.2, 0.25) is 0 Å². The van der Waals surface area contributed by atoms with E-state index in [9.17, 15) is 19.5 Å². The Kier molecular flexibility index (Phi) is 6.42. The van der Waals surface area contributed by atoms with Gasteiger partial charge in [-0.3, -0.25) is 14.4 Å². The van der Waals surface area contributed by atoms with Gasteiger partial charge in [-0.2, -0.15) is 0 Å². The van der Waals surface area contributed by atoms with Crippen LogP contribution in [0.3, 0.4) is 0 Å². The van der Waals surface area contributed by atoms with E-state index in [1.54, 1.807) is 29.2 Å². The number of amides is 2. The molecule has 0 aliphatic carbocycles. The van der Waals surface area contributed by atoms with Crippen LogP contribution in [0, 0.1) is 5.92 Å². The number of anilines is 1. The Labute approximate surface area is 164 Å². The van der Waals surface area contributed by atoms with Crippen LogP contribution in [0.1, 0.15) is 18.4 Å². The van der Waals surface area contributed by atoms with E-state index in [1.807, 2.05) is 36.4 Å². The molecule has 1 aliphatic heterocycles. The molecule has 6 nitrogen and oxygen atoms in total. The maximum atomic E-state index is 13.1. The first-order valence-corrected chi connectivity index (χ1v) is 9.44. The highest BCUT2D eigenvalue weighted by Crippen LogP contribution is 2.23. The summed E-state index contributed by atoms with van der Waals surface area (Å²) in [4.78, 5) is 40.1. The van der Waals surface area contributed by atoms with Gasteiger partial charge in [-0.15, -0.1) is 0 Å². The lowest BCUT2D eigenvalue weighted by Gasteiger charge is -2.34. The number of hydrogen-bond donors (Lipinski definition) is 1. The fraction of sp³-hybridized carbons (Fsp3) is 0.318. The fourth-order valence-corrected chi connectivity index (χ4v) is 3.55. The monoisotopic (exact) mass is 380 g/mol. The zero-order chi connectivity index (χ0) is 19.9. The van der Waals surface area contributed by atoms with Crippen molar-refractivity contribution in [2.45, 2.75) is 19.3 Å². The molecule has 28 heavy (non-hydrogen) atoms. The summed E-state index contributed by atoms with van der Waals surface area (Å²) in [5.74, 6) is -1.71. The topological polar surface area (TPSA) is 77.9 Å². The molecule has 0 radical (unpaired) electrons. The summed E-state index contributed by atoms with van der Waals surface area (Å²) in [7, 11) is 0. The second kappa shape index (κ2) is 9.17. The van der Waals surface area contributed by atoms with E-state index in [0.29, 0.717) is 31.6 Å². The molecule has 1 fully saturated rings. The molecule has 0 aromatic heterocycles. The molecule has 1 unspecified atom stereocenters. The van der Waals surface area contributed by atoms with Crippen LogP contribution in [0.15, 0.2) is 60.7 Å². The molecule has 2 aromatic carbocycles. The van der Waals surface area contributed by atoms with E-state index in [2.05, 4.69) is 0 Å². The normalized spacial score (nSPS) is 16.4. The number of carboxylic acids is 1. The molecule has 2 aromatic rings. The highest BCUT2D eigenvalue weighted by molar-refractivity contribution is 5.99. The molecule has 2 amide bonds. The SMILES string of the molecule is O=C(O)CN(C(=O)C1CCCN(C(=O)Cc2ccccc2)C1)c1ccccc1. The minimum absolute atomic E-state index is 0.00630. The predicted octanol–water partition coefficient (Wildman–Crippen LogP) is 2.59. The van der Waals surface area contributed by atoms with Crippen molar-refractivity contribution in [2.24, 2.45) is 5.92 Å². The van der Waals surface area contributed by atoms with Crippen molar-refractivity contribution in [1.82, 2.24) is 4.90 Å². The van der Waals surface area contributed by atoms with Crippen LogP contribution in [0.25, 0.3) is 0 Å². The lowest BCUT2D eigenvalue weighted by atomic mass is 9.95. The second-order valence-electron chi connectivity index (χ2n) is 6.99. The van der Waals surface area contributed by atoms with E-state index in [4.69, 9.17) is 0 Å². The predicted molar refractivity (Wildman–Crippen MR) is 106 cm³/mol. The number of carbonyl (C=O) groups is 3. The third-order valence-electron chi connectivity index (χ3n) is 4.95. The van der Waals surface area contributed by atoms with Gasteiger partial charge in [-0.05, 0) is 30.5 Å². The van der Waals surface area contributed by atoms with Crippen molar-refractivity contribution in [3.8, 4) is 0 Å². The van der Waals surface area contributed by atoms with Gasteiger partial charge < -0.3 is 14.9 Å². The lowest BCUT2D eigenvalue weighted by molar-refractivity contribution is -0.138. The first-order chi connectivity index (χ1) is 13.5. The van der Waals surface area contributed by atoms with E-state index in [1.165, 1.54) is 4.90 Å². The molecular formula is C22H24N2O4. The van der Waals surface area contributed by atoms with E-state index in [0.717, 1.165) is 12.0 Å². The van der Waals surface area contributed by atoms with Crippen molar-refractivity contribution in [1.29, 1.82) is 0 Å². The third kappa shape index (κ3) is 4.97. The van der Waals surface area contributed by atoms with Gasteiger partial charge in [-0.25, -0.2) is 0 Å². The molecule has 1 heterocycles. The molecule has 0 bridgehead atoms. The summed E-state index contributed by atoms with van der Waals surface area (Å²) in [6, 6.07) is 18.3. The van der Waals surface area contributed by atoms with Gasteiger partial charge in [0.15, 0.2) is 0 Å². The molecule has 1 N–H and O–H groups in total. The van der Waals surface area contributed by atoms with Crippen LogP contribution in [0.5, 0.6) is 0 Å². The Bertz CT molecular complexity index is 823. The Morgan fingerprint density at radius 2 is 1.64 bits per heavy atom. The maximum absolute atomic E-state index is 13.1. The smallest absolute Gasteiger partial charge is 0.323 e. The third-order valence-corrected chi connectivity index (χ3v) is 4.95. The van der Waals surface area contributed by atoms with E-state index >= 15 is 0 Å². The van der Waals surface area contributed by atoms with Crippen molar-refractivity contribution in [3.63, 3.8) is 0 Å². The molecule has 6 heteroatoms. The Hall–Kier alpha value is -3.15. The molecule has 146 valence electrons. The lowest BCUT2D eigenvalue weighted by Crippen LogP contribution is -2.48. The number of rotatable bonds is 6. The molecule has 1 saturated heterocycles. The highest BCUT2D eigenvalue weighted by atomic mass is 16.4. The minimum atomic E-state index is -1.06. The van der Waals surface area contributed by atoms with Crippen LogP contribution < -0.4 is 4.90 Å². The van der Waals surface area contributed by atoms with Crippen LogP contribution in [-0.4, -0.2) is 47.4 Å². The van der Waals surface area contributed by atoms with Gasteiger partial charge in [0.05, 0.1) is 12.3 Å². The van der Waals surface area contributed by atoms with Gasteiger partial charge in [0.1, 0.15) is 6.54 Å². The molecule has 3 rings (SSSR count). The molecular weight excluding hydrogens is 356 g/mol. The van der Waals surface area contributed by atoms with E-state index < -0.39 is 18.4 Å². The Morgan fingerprint density at radius 1 is 1.00 bits per heavy atom. The molecule has 1 aliphatic rings. The van der Waals surface area contributed by atoms with Crippen molar-refractivity contribution in [3.05, 3.63) is 66.2 Å². The number of para-hydroxylation sites is 1. The van der Waals surface area contributed by atoms with E-state index in [-0.39, 0.29) is 11.8 Å². The number of carboxylic acid groups (broad SMARTS) is 1. The summed E-state index contributed by atoms with van der Waals surface area (Å²) in [6.07, 6.45) is 1.68. The number of hydrogen-bond acceptors (Lipinski definition) is 3. The molecule has 1 atom stereocenters. The molecule has 0 spiro atoms. The number of likely N-dealkylation sites (tertiary alicyclic amines) is 1. The number of benzene rings is 2. The van der Waals surface area contributed by atoms with Crippen LogP contribution in [0.4, 0.5) is 5.69 Å². The number of aliphatic carboxylic acids is 1. The van der Waals surface area contributed by atoms with Gasteiger partial charge >= 0.3 is 5.97 Å². The minimum Gasteiger partial charge on any atom is -0.480 e. The summed E-state index contributed by atoms with van der Waals surface area (Å²) < 4.78 is 0. The number of carbonyl (C=O) groups excluding carboxylic acids is 2. The van der Waals surface area contributed by atoms with Crippen molar-refractivity contribution < 1.29 is 19.5 Å². The number of nitrogens with zero attached hydrogens (tertiary/aromatic N) is 2. The quantitative estimate of drug-likeness (QED) is 0.836. The first kappa shape index (κ1) is 19.6. The van der Waals surface area contributed by atoms with Crippen LogP contribution >= 0.6 is 0 Å². The van der Waals surface area contributed by atoms with Gasteiger partial charge in [0, 0.05) is 18.8 Å². The molecule has 0 saturated carbocycles. The van der Waals surface area contributed by atoms with Gasteiger partial charge in [0.2, 0.25) is 11.8 Å². The Morgan fingerprint density at radius 3 is 2.29 bits per heavy atom. The summed E-state index contributed by atoms with van der Waals surface area (Å²) in [6.45, 7) is 0.560. The zero-order valence-corrected chi connectivity index (χ0v) is 15.7. The summed E-state index contributed by atoms with van der Waals surface area (Å²) in [5, 5.41) is 9.24. The van der Waals surface area contributed by atoms with Gasteiger partial charge in [0.25, 0.3) is 0 Å². The summed E-state index contributed by atoms with van der Waals surface area (Å²) in [5.41, 5.74) is 1.50. The second-order valence-corrected chi connectivity index (χ2v) is 6.99. The largest absolute Gasteiger partial charge is 0.480 e. The highest BCUT2D eigenvalue weighted by Gasteiger charge is 2.32. The maximum Gasteiger partial charge on any atom is 0.323 e. The van der Waals surface area contributed by atoms with Crippen molar-refractivity contribution in [2.75, 3.05) is 24.5 Å². The average molecular weight is 380 g/mol. The zero-order valence-electron chi connectivity index (χ0n) is 15.7. The van der Waals surface area contributed by atoms with Crippen LogP contribution in [-0.2, 0) is 20.8 Å². The fourth-order valence-electron chi connectivity index (χ4n) is 3.55.